The predicted octanol–water partition coefficient (Wildman–Crippen LogP) is -1.39. The van der Waals surface area contributed by atoms with Crippen LogP contribution < -0.4 is 9.86 Å². The summed E-state index contributed by atoms with van der Waals surface area (Å²) in [6.07, 6.45) is 2.32. The molecule has 1 heterocycles. The molecule has 1 aliphatic heterocycles. The van der Waals surface area contributed by atoms with Crippen LogP contribution in [0.1, 0.15) is 6.42 Å². The third-order valence-corrected chi connectivity index (χ3v) is 1.43. The van der Waals surface area contributed by atoms with Crippen LogP contribution in [0.3, 0.4) is 0 Å². The fraction of sp³-hybridized carbons (Fsp3) is 0.500. The van der Waals surface area contributed by atoms with Crippen LogP contribution in [0.15, 0.2) is 9.98 Å². The van der Waals surface area contributed by atoms with E-state index in [9.17, 15) is 8.42 Å². The van der Waals surface area contributed by atoms with Gasteiger partial charge in [0.05, 0.1) is 0 Å². The molecule has 1 aliphatic rings. The summed E-state index contributed by atoms with van der Waals surface area (Å²) in [6.45, 7) is 0.543. The quantitative estimate of drug-likeness (QED) is 0.514. The zero-order valence-corrected chi connectivity index (χ0v) is 6.50. The van der Waals surface area contributed by atoms with Gasteiger partial charge in [0.15, 0.2) is 0 Å². The summed E-state index contributed by atoms with van der Waals surface area (Å²) in [7, 11) is -3.72. The van der Waals surface area contributed by atoms with Crippen molar-refractivity contribution < 1.29 is 8.42 Å². The molecule has 0 fully saturated rings. The fourth-order valence-electron chi connectivity index (χ4n) is 0.606. The molecule has 0 saturated carbocycles. The number of nitrogens with one attached hydrogen (secondary N) is 1. The molecule has 0 aliphatic carbocycles. The lowest BCUT2D eigenvalue weighted by atomic mass is 10.4. The number of nitrogens with zero attached hydrogens (tertiary/aromatic N) is 2. The third kappa shape index (κ3) is 3.10. The average molecular weight is 176 g/mol. The third-order valence-electron chi connectivity index (χ3n) is 0.967. The lowest BCUT2D eigenvalue weighted by molar-refractivity contribution is 0.594. The van der Waals surface area contributed by atoms with E-state index in [1.165, 1.54) is 0 Å². The highest BCUT2D eigenvalue weighted by atomic mass is 32.2. The highest BCUT2D eigenvalue weighted by molar-refractivity contribution is 7.87. The summed E-state index contributed by atoms with van der Waals surface area (Å²) in [5.41, 5.74) is 0. The second-order valence-corrected chi connectivity index (χ2v) is 3.25. The van der Waals surface area contributed by atoms with E-state index in [-0.39, 0.29) is 5.96 Å². The highest BCUT2D eigenvalue weighted by Crippen LogP contribution is 1.89. The van der Waals surface area contributed by atoms with E-state index >= 15 is 0 Å². The molecule has 0 radical (unpaired) electrons. The van der Waals surface area contributed by atoms with Gasteiger partial charge in [0, 0.05) is 19.2 Å². The first-order valence-electron chi connectivity index (χ1n) is 2.95. The lowest BCUT2D eigenvalue weighted by Crippen LogP contribution is -2.36. The minimum atomic E-state index is -3.72. The zero-order valence-electron chi connectivity index (χ0n) is 5.69. The van der Waals surface area contributed by atoms with Crippen LogP contribution in [0.4, 0.5) is 0 Å². The number of nitrogens with two attached hydrogens (primary N) is 1. The Bertz CT molecular complexity index is 291. The summed E-state index contributed by atoms with van der Waals surface area (Å²) in [6, 6.07) is 0. The highest BCUT2D eigenvalue weighted by Gasteiger charge is 2.05. The molecule has 0 spiro atoms. The van der Waals surface area contributed by atoms with Crippen LogP contribution in [0, 0.1) is 0 Å². The van der Waals surface area contributed by atoms with Gasteiger partial charge in [-0.1, -0.05) is 0 Å². The van der Waals surface area contributed by atoms with Crippen LogP contribution in [-0.2, 0) is 10.2 Å². The molecule has 11 heavy (non-hydrogen) atoms. The van der Waals surface area contributed by atoms with Crippen LogP contribution in [0.5, 0.6) is 0 Å². The number of hydrogen-bond acceptors (Lipinski definition) is 4. The van der Waals surface area contributed by atoms with E-state index in [0.717, 1.165) is 6.42 Å². The number of rotatable bonds is 1. The first-order chi connectivity index (χ1) is 5.08. The number of guanidine groups is 1. The molecule has 0 unspecified atom stereocenters. The van der Waals surface area contributed by atoms with E-state index < -0.39 is 10.2 Å². The van der Waals surface area contributed by atoms with Gasteiger partial charge in [-0.25, -0.2) is 14.9 Å². The minimum Gasteiger partial charge on any atom is -0.250 e. The Morgan fingerprint density at radius 1 is 1.64 bits per heavy atom. The Labute approximate surface area is 64.4 Å². The molecule has 3 N–H and O–H groups in total. The van der Waals surface area contributed by atoms with Crippen molar-refractivity contribution in [3.05, 3.63) is 0 Å². The Morgan fingerprint density at radius 2 is 2.36 bits per heavy atom. The molecule has 0 aromatic rings. The summed E-state index contributed by atoms with van der Waals surface area (Å²) in [4.78, 5) is 7.43. The van der Waals surface area contributed by atoms with Crippen LogP contribution >= 0.6 is 0 Å². The number of hydrogen-bond donors (Lipinski definition) is 2. The van der Waals surface area contributed by atoms with Gasteiger partial charge in [0.1, 0.15) is 0 Å². The van der Waals surface area contributed by atoms with Crippen molar-refractivity contribution >= 4 is 22.4 Å². The van der Waals surface area contributed by atoms with E-state index in [1.807, 2.05) is 4.72 Å². The van der Waals surface area contributed by atoms with Gasteiger partial charge in [-0.05, 0) is 0 Å². The van der Waals surface area contributed by atoms with Gasteiger partial charge in [-0.3, -0.25) is 4.99 Å². The monoisotopic (exact) mass is 176 g/mol. The molecule has 6 nitrogen and oxygen atoms in total. The minimum absolute atomic E-state index is 0.0544. The molecule has 7 heteroatoms. The maximum Gasteiger partial charge on any atom is 0.298 e. The van der Waals surface area contributed by atoms with Crippen molar-refractivity contribution in [1.29, 1.82) is 0 Å². The SMILES string of the molecule is NS(=O)(=O)NC1=NCCC=N1. The van der Waals surface area contributed by atoms with Crippen LogP contribution in [0.2, 0.25) is 0 Å². The normalized spacial score (nSPS) is 17.7. The molecular weight excluding hydrogens is 168 g/mol. The molecule has 0 aromatic carbocycles. The first-order valence-corrected chi connectivity index (χ1v) is 4.50. The van der Waals surface area contributed by atoms with Gasteiger partial charge in [0.25, 0.3) is 10.2 Å². The topological polar surface area (TPSA) is 96.9 Å². The summed E-state index contributed by atoms with van der Waals surface area (Å²) < 4.78 is 22.8. The van der Waals surface area contributed by atoms with Gasteiger partial charge < -0.3 is 0 Å². The van der Waals surface area contributed by atoms with E-state index in [4.69, 9.17) is 0 Å². The molecule has 62 valence electrons. The van der Waals surface area contributed by atoms with Gasteiger partial charge in [-0.2, -0.15) is 8.42 Å². The first kappa shape index (κ1) is 8.15. The largest absolute Gasteiger partial charge is 0.298 e. The van der Waals surface area contributed by atoms with Crippen molar-refractivity contribution in [2.75, 3.05) is 6.54 Å². The molecule has 0 bridgehead atoms. The summed E-state index contributed by atoms with van der Waals surface area (Å²) in [5, 5.41) is 4.67. The van der Waals surface area contributed by atoms with Gasteiger partial charge in [0.2, 0.25) is 5.96 Å². The van der Waals surface area contributed by atoms with Crippen LogP contribution in [0.25, 0.3) is 0 Å². The van der Waals surface area contributed by atoms with E-state index in [1.54, 1.807) is 6.21 Å². The number of aliphatic imine (C=N–C) groups is 2. The second kappa shape index (κ2) is 2.97. The van der Waals surface area contributed by atoms with E-state index in [0.29, 0.717) is 6.54 Å². The smallest absolute Gasteiger partial charge is 0.250 e. The average Bonchev–Trinajstić information content (AvgIpc) is 1.85. The maximum absolute atomic E-state index is 10.4. The molecule has 1 rings (SSSR count). The van der Waals surface area contributed by atoms with Crippen LogP contribution in [-0.4, -0.2) is 27.1 Å². The molecule has 0 atom stereocenters. The Kier molecular flexibility index (Phi) is 2.20. The Balaban J connectivity index is 2.64. The zero-order chi connectivity index (χ0) is 8.32. The molecule has 0 amide bonds. The molecule has 0 aromatic heterocycles. The van der Waals surface area contributed by atoms with Gasteiger partial charge in [-0.15, -0.1) is 0 Å². The van der Waals surface area contributed by atoms with Gasteiger partial charge >= 0.3 is 0 Å². The van der Waals surface area contributed by atoms with Crippen molar-refractivity contribution in [2.24, 2.45) is 15.1 Å². The summed E-state index contributed by atoms with van der Waals surface area (Å²) in [5.74, 6) is 0.0544. The fourth-order valence-corrected chi connectivity index (χ4v) is 0.978. The second-order valence-electron chi connectivity index (χ2n) is 1.95. The Morgan fingerprint density at radius 3 is 2.82 bits per heavy atom. The van der Waals surface area contributed by atoms with Crippen molar-refractivity contribution in [2.45, 2.75) is 6.42 Å². The van der Waals surface area contributed by atoms with Crippen molar-refractivity contribution in [1.82, 2.24) is 4.72 Å². The molecular formula is C4H8N4O2S. The Hall–Kier alpha value is -0.950. The lowest BCUT2D eigenvalue weighted by Gasteiger charge is -2.04. The predicted molar refractivity (Wildman–Crippen MR) is 41.7 cm³/mol. The standard InChI is InChI=1S/C4H8N4O2S/c5-11(9,10)8-4-6-2-1-3-7-4/h2H,1,3H2,(H,7,8)(H2,5,9,10). The van der Waals surface area contributed by atoms with Crippen molar-refractivity contribution in [3.8, 4) is 0 Å². The molecule has 0 saturated heterocycles. The summed E-state index contributed by atoms with van der Waals surface area (Å²) >= 11 is 0. The van der Waals surface area contributed by atoms with Crippen molar-refractivity contribution in [3.63, 3.8) is 0 Å². The van der Waals surface area contributed by atoms with E-state index in [2.05, 4.69) is 15.1 Å². The maximum atomic E-state index is 10.4.